The van der Waals surface area contributed by atoms with Crippen molar-refractivity contribution in [3.05, 3.63) is 71.4 Å². The largest absolute Gasteiger partial charge is 0.493 e. The van der Waals surface area contributed by atoms with Gasteiger partial charge in [0.2, 0.25) is 0 Å². The van der Waals surface area contributed by atoms with Gasteiger partial charge in [0.1, 0.15) is 5.75 Å². The van der Waals surface area contributed by atoms with Crippen molar-refractivity contribution in [3.63, 3.8) is 0 Å². The van der Waals surface area contributed by atoms with E-state index in [4.69, 9.17) is 4.74 Å². The maximum atomic E-state index is 14.0. The van der Waals surface area contributed by atoms with Crippen molar-refractivity contribution in [1.29, 1.82) is 0 Å². The predicted molar refractivity (Wildman–Crippen MR) is 172 cm³/mol. The Morgan fingerprint density at radius 2 is 1.79 bits per heavy atom. The first kappa shape index (κ1) is 28.8. The monoisotopic (exact) mass is 569 g/mol. The van der Waals surface area contributed by atoms with Crippen LogP contribution >= 0.6 is 0 Å². The van der Waals surface area contributed by atoms with E-state index in [1.807, 2.05) is 35.2 Å². The number of piperazine rings is 1. The van der Waals surface area contributed by atoms with E-state index in [-0.39, 0.29) is 5.91 Å². The number of rotatable bonds is 9. The molecule has 2 fully saturated rings. The highest BCUT2D eigenvalue weighted by Crippen LogP contribution is 2.39. The van der Waals surface area contributed by atoms with E-state index in [9.17, 15) is 4.79 Å². The number of anilines is 2. The zero-order valence-electron chi connectivity index (χ0n) is 25.4. The molecule has 42 heavy (non-hydrogen) atoms. The lowest BCUT2D eigenvalue weighted by Gasteiger charge is -2.34. The van der Waals surface area contributed by atoms with Crippen LogP contribution in [0.1, 0.15) is 61.9 Å². The number of nitrogens with one attached hydrogen (secondary N) is 2. The number of para-hydroxylation sites is 2. The fourth-order valence-electron chi connectivity index (χ4n) is 6.86. The van der Waals surface area contributed by atoms with E-state index in [0.717, 1.165) is 81.2 Å². The van der Waals surface area contributed by atoms with Gasteiger partial charge in [-0.25, -0.2) is 0 Å². The molecule has 0 aromatic heterocycles. The summed E-state index contributed by atoms with van der Waals surface area (Å²) in [5.41, 5.74) is 6.41. The second kappa shape index (κ2) is 13.3. The Bertz CT molecular complexity index is 1310. The first-order chi connectivity index (χ1) is 20.6. The summed E-state index contributed by atoms with van der Waals surface area (Å²) in [6.07, 6.45) is 9.75. The first-order valence-corrected chi connectivity index (χ1v) is 16.1. The number of nitrogens with zero attached hydrogens (tertiary/aromatic N) is 3. The third kappa shape index (κ3) is 6.52. The number of carbonyl (C=O) groups excluding carboxylic acids is 1. The molecule has 7 nitrogen and oxygen atoms in total. The maximum Gasteiger partial charge on any atom is 0.258 e. The van der Waals surface area contributed by atoms with Crippen molar-refractivity contribution < 1.29 is 9.53 Å². The van der Waals surface area contributed by atoms with Crippen molar-refractivity contribution in [1.82, 2.24) is 15.1 Å². The summed E-state index contributed by atoms with van der Waals surface area (Å²) in [5.74, 6) is 1.41. The third-order valence-corrected chi connectivity index (χ3v) is 9.28. The fraction of sp³-hybridized carbons (Fsp3) is 0.514. The minimum Gasteiger partial charge on any atom is -0.493 e. The molecule has 1 aliphatic carbocycles. The molecule has 0 saturated carbocycles. The van der Waals surface area contributed by atoms with Gasteiger partial charge < -0.3 is 30.1 Å². The van der Waals surface area contributed by atoms with Gasteiger partial charge in [0, 0.05) is 74.6 Å². The van der Waals surface area contributed by atoms with Crippen LogP contribution in [0.15, 0.2) is 60.3 Å². The lowest BCUT2D eigenvalue weighted by molar-refractivity contribution is 0.0986. The summed E-state index contributed by atoms with van der Waals surface area (Å²) in [6.45, 7) is 13.7. The molecule has 224 valence electrons. The molecule has 1 amide bonds. The molecule has 6 rings (SSSR count). The minimum atomic E-state index is 0.0273. The number of hydrogen-bond donors (Lipinski definition) is 2. The zero-order chi connectivity index (χ0) is 28.9. The molecule has 7 heteroatoms. The number of carbonyl (C=O) groups is 1. The second-order valence-corrected chi connectivity index (χ2v) is 12.3. The molecule has 4 aliphatic rings. The molecule has 1 unspecified atom stereocenters. The summed E-state index contributed by atoms with van der Waals surface area (Å²) in [7, 11) is 0. The van der Waals surface area contributed by atoms with Gasteiger partial charge in [-0.2, -0.15) is 0 Å². The summed E-state index contributed by atoms with van der Waals surface area (Å²) in [4.78, 5) is 21.1. The van der Waals surface area contributed by atoms with Crippen molar-refractivity contribution in [2.75, 3.05) is 69.2 Å². The van der Waals surface area contributed by atoms with Crippen molar-refractivity contribution >= 4 is 22.9 Å². The van der Waals surface area contributed by atoms with Gasteiger partial charge in [0.25, 0.3) is 5.91 Å². The van der Waals surface area contributed by atoms with Crippen molar-refractivity contribution in [2.24, 2.45) is 5.92 Å². The smallest absolute Gasteiger partial charge is 0.258 e. The average Bonchev–Trinajstić information content (AvgIpc) is 3.42. The third-order valence-electron chi connectivity index (χ3n) is 9.28. The molecule has 2 aromatic rings. The van der Waals surface area contributed by atoms with Gasteiger partial charge in [0.05, 0.1) is 18.0 Å². The second-order valence-electron chi connectivity index (χ2n) is 12.3. The minimum absolute atomic E-state index is 0.0273. The Labute approximate surface area is 251 Å². The van der Waals surface area contributed by atoms with Crippen LogP contribution < -0.4 is 20.3 Å². The van der Waals surface area contributed by atoms with Gasteiger partial charge >= 0.3 is 0 Å². The number of ether oxygens (including phenoxy) is 1. The van der Waals surface area contributed by atoms with E-state index in [2.05, 4.69) is 58.6 Å². The highest BCUT2D eigenvalue weighted by molar-refractivity contribution is 6.08. The van der Waals surface area contributed by atoms with Crippen molar-refractivity contribution in [3.8, 4) is 5.75 Å². The fourth-order valence-corrected chi connectivity index (χ4v) is 6.86. The van der Waals surface area contributed by atoms with E-state index in [1.165, 1.54) is 30.7 Å². The van der Waals surface area contributed by atoms with Gasteiger partial charge in [-0.15, -0.1) is 0 Å². The van der Waals surface area contributed by atoms with E-state index in [0.29, 0.717) is 30.7 Å². The number of benzene rings is 2. The summed E-state index contributed by atoms with van der Waals surface area (Å²) in [6, 6.07) is 14.6. The number of fused-ring (bicyclic) bond motifs is 2. The Morgan fingerprint density at radius 3 is 2.62 bits per heavy atom. The Morgan fingerprint density at radius 1 is 0.976 bits per heavy atom. The zero-order valence-corrected chi connectivity index (χ0v) is 25.4. The molecule has 2 atom stereocenters. The van der Waals surface area contributed by atoms with Crippen LogP contribution in [-0.2, 0) is 0 Å². The molecule has 2 N–H and O–H groups in total. The SMILES string of the molecule is CCCN1CCN(CCCOc2cc(C(=O)N3CC[C@@H](C)Nc4ccccc43)ccc2C2=CC=C3NCCC3C2)CC1. The molecule has 2 saturated heterocycles. The quantitative estimate of drug-likeness (QED) is 0.383. The van der Waals surface area contributed by atoms with E-state index >= 15 is 0 Å². The van der Waals surface area contributed by atoms with Gasteiger partial charge in [0.15, 0.2) is 0 Å². The molecule has 0 bridgehead atoms. The van der Waals surface area contributed by atoms with Crippen molar-refractivity contribution in [2.45, 2.75) is 52.0 Å². The Hall–Kier alpha value is -3.29. The van der Waals surface area contributed by atoms with Gasteiger partial charge in [-0.3, -0.25) is 4.79 Å². The van der Waals surface area contributed by atoms with Crippen LogP contribution in [0, 0.1) is 5.92 Å². The standard InChI is InChI=1S/C35H47N5O2/c1-3-16-38-19-21-39(22-20-38)17-6-23-42-34-25-29(9-11-30(34)27-10-12-31-28(24-27)13-15-36-31)35(41)40-18-14-26(2)37-32-7-4-5-8-33(32)40/h4-5,7-12,25-26,28,36-37H,3,6,13-24H2,1-2H3/t26-,28?/m1/s1. The highest BCUT2D eigenvalue weighted by atomic mass is 16.5. The van der Waals surface area contributed by atoms with E-state index in [1.54, 1.807) is 0 Å². The molecule has 0 spiro atoms. The molecule has 0 radical (unpaired) electrons. The summed E-state index contributed by atoms with van der Waals surface area (Å²) < 4.78 is 6.54. The molecule has 3 heterocycles. The number of hydrogen-bond acceptors (Lipinski definition) is 6. The van der Waals surface area contributed by atoms with Crippen LogP contribution in [-0.4, -0.2) is 80.7 Å². The topological polar surface area (TPSA) is 60.1 Å². The average molecular weight is 570 g/mol. The normalized spacial score (nSPS) is 22.7. The predicted octanol–water partition coefficient (Wildman–Crippen LogP) is 5.61. The summed E-state index contributed by atoms with van der Waals surface area (Å²) >= 11 is 0. The van der Waals surface area contributed by atoms with Crippen LogP contribution in [0.2, 0.25) is 0 Å². The molecule has 3 aliphatic heterocycles. The lowest BCUT2D eigenvalue weighted by atomic mass is 9.87. The maximum absolute atomic E-state index is 14.0. The van der Waals surface area contributed by atoms with Gasteiger partial charge in [-0.1, -0.05) is 31.2 Å². The Balaban J connectivity index is 1.19. The Kier molecular flexibility index (Phi) is 9.15. The van der Waals surface area contributed by atoms with Crippen LogP contribution in [0.3, 0.4) is 0 Å². The summed E-state index contributed by atoms with van der Waals surface area (Å²) in [5, 5.41) is 7.09. The number of amides is 1. The van der Waals surface area contributed by atoms with Crippen LogP contribution in [0.5, 0.6) is 5.75 Å². The molecule has 2 aromatic carbocycles. The highest BCUT2D eigenvalue weighted by Gasteiger charge is 2.28. The lowest BCUT2D eigenvalue weighted by Crippen LogP contribution is -2.46. The number of allylic oxidation sites excluding steroid dienone is 4. The molecular weight excluding hydrogens is 522 g/mol. The van der Waals surface area contributed by atoms with Crippen LogP contribution in [0.4, 0.5) is 11.4 Å². The van der Waals surface area contributed by atoms with Gasteiger partial charge in [-0.05, 0) is 81.5 Å². The van der Waals surface area contributed by atoms with Crippen LogP contribution in [0.25, 0.3) is 5.57 Å². The first-order valence-electron chi connectivity index (χ1n) is 16.1. The van der Waals surface area contributed by atoms with E-state index < -0.39 is 0 Å². The molecular formula is C35H47N5O2.